The fourth-order valence-electron chi connectivity index (χ4n) is 2.18. The molecule has 0 bridgehead atoms. The molecule has 2 aromatic carbocycles. The number of nitrogens with two attached hydrogens (primary N) is 1. The van der Waals surface area contributed by atoms with Gasteiger partial charge in [0.2, 0.25) is 11.9 Å². The number of terminal acetylenes is 1. The second-order valence-electron chi connectivity index (χ2n) is 5.29. The predicted octanol–water partition coefficient (Wildman–Crippen LogP) is 3.74. The van der Waals surface area contributed by atoms with Gasteiger partial charge in [-0.3, -0.25) is 0 Å². The maximum atomic E-state index is 5.82. The summed E-state index contributed by atoms with van der Waals surface area (Å²) in [7, 11) is 0. The van der Waals surface area contributed by atoms with Gasteiger partial charge in [-0.05, 0) is 36.4 Å². The largest absolute Gasteiger partial charge is 0.481 e. The average Bonchev–Trinajstić information content (AvgIpc) is 2.68. The molecule has 7 nitrogen and oxygen atoms in total. The van der Waals surface area contributed by atoms with Gasteiger partial charge in [0.05, 0.1) is 5.88 Å². The minimum absolute atomic E-state index is 0.107. The summed E-state index contributed by atoms with van der Waals surface area (Å²) in [4.78, 5) is 12.1. The zero-order chi connectivity index (χ0) is 19.1. The lowest BCUT2D eigenvalue weighted by atomic mass is 10.3. The Labute approximate surface area is 161 Å². The van der Waals surface area contributed by atoms with E-state index in [2.05, 4.69) is 26.2 Å². The van der Waals surface area contributed by atoms with Crippen LogP contribution in [0.2, 0.25) is 0 Å². The van der Waals surface area contributed by atoms with Crippen LogP contribution in [0.5, 0.6) is 17.2 Å². The first kappa shape index (κ1) is 18.3. The summed E-state index contributed by atoms with van der Waals surface area (Å²) < 4.78 is 11.2. The highest BCUT2D eigenvalue weighted by Crippen LogP contribution is 2.26. The van der Waals surface area contributed by atoms with Crippen LogP contribution in [0.4, 0.5) is 17.6 Å². The molecule has 0 atom stereocenters. The number of benzene rings is 2. The second kappa shape index (κ2) is 8.74. The summed E-state index contributed by atoms with van der Waals surface area (Å²) >= 11 is 5.74. The standard InChI is InChI=1S/C19H16ClN5O2/c1-2-10-26-15-4-3-5-16(11-15)27-14-8-6-13(7-9-14)22-19-24-17(12-20)23-18(21)25-19/h1,3-9,11H,10,12H2,(H3,21,22,23,24,25). The fourth-order valence-corrected chi connectivity index (χ4v) is 2.30. The van der Waals surface area contributed by atoms with E-state index in [4.69, 9.17) is 33.2 Å². The molecule has 1 aromatic heterocycles. The molecule has 0 saturated carbocycles. The van der Waals surface area contributed by atoms with Gasteiger partial charge in [-0.1, -0.05) is 12.0 Å². The van der Waals surface area contributed by atoms with E-state index in [0.717, 1.165) is 5.69 Å². The fraction of sp³-hybridized carbons (Fsp3) is 0.105. The minimum Gasteiger partial charge on any atom is -0.481 e. The van der Waals surface area contributed by atoms with Crippen molar-refractivity contribution in [3.63, 3.8) is 0 Å². The van der Waals surface area contributed by atoms with E-state index in [9.17, 15) is 0 Å². The van der Waals surface area contributed by atoms with Gasteiger partial charge < -0.3 is 20.5 Å². The van der Waals surface area contributed by atoms with Crippen molar-refractivity contribution >= 4 is 29.2 Å². The van der Waals surface area contributed by atoms with Crippen molar-refractivity contribution in [2.24, 2.45) is 0 Å². The highest BCUT2D eigenvalue weighted by Gasteiger charge is 2.05. The van der Waals surface area contributed by atoms with Gasteiger partial charge in [-0.25, -0.2) is 0 Å². The monoisotopic (exact) mass is 381 g/mol. The van der Waals surface area contributed by atoms with E-state index in [-0.39, 0.29) is 18.4 Å². The number of aromatic nitrogens is 3. The van der Waals surface area contributed by atoms with Crippen molar-refractivity contribution in [1.29, 1.82) is 0 Å². The van der Waals surface area contributed by atoms with Crippen molar-refractivity contribution in [3.8, 4) is 29.6 Å². The van der Waals surface area contributed by atoms with Gasteiger partial charge in [0.15, 0.2) is 5.82 Å². The van der Waals surface area contributed by atoms with Crippen LogP contribution in [0.25, 0.3) is 0 Å². The maximum Gasteiger partial charge on any atom is 0.232 e. The first-order valence-electron chi connectivity index (χ1n) is 7.94. The van der Waals surface area contributed by atoms with E-state index >= 15 is 0 Å². The van der Waals surface area contributed by atoms with E-state index in [1.807, 2.05) is 42.5 Å². The minimum atomic E-state index is 0.107. The summed E-state index contributed by atoms with van der Waals surface area (Å²) in [6.07, 6.45) is 5.19. The van der Waals surface area contributed by atoms with Crippen LogP contribution >= 0.6 is 11.6 Å². The first-order valence-corrected chi connectivity index (χ1v) is 8.47. The molecule has 0 aliphatic heterocycles. The molecule has 3 aromatic rings. The van der Waals surface area contributed by atoms with Crippen LogP contribution in [0.15, 0.2) is 48.5 Å². The summed E-state index contributed by atoms with van der Waals surface area (Å²) in [5.74, 6) is 5.35. The van der Waals surface area contributed by atoms with Gasteiger partial charge in [0.25, 0.3) is 0 Å². The van der Waals surface area contributed by atoms with Crippen LogP contribution in [0.1, 0.15) is 5.82 Å². The third-order valence-electron chi connectivity index (χ3n) is 3.29. The number of anilines is 3. The number of rotatable bonds is 7. The lowest BCUT2D eigenvalue weighted by Gasteiger charge is -2.10. The van der Waals surface area contributed by atoms with Crippen LogP contribution in [-0.2, 0) is 5.88 Å². The molecule has 0 fully saturated rings. The molecule has 0 unspecified atom stereocenters. The smallest absolute Gasteiger partial charge is 0.232 e. The van der Waals surface area contributed by atoms with E-state index in [1.54, 1.807) is 6.07 Å². The van der Waals surface area contributed by atoms with E-state index in [0.29, 0.717) is 29.0 Å². The third kappa shape index (κ3) is 5.23. The molecule has 136 valence electrons. The molecule has 0 spiro atoms. The Kier molecular flexibility index (Phi) is 5.92. The van der Waals surface area contributed by atoms with Crippen LogP contribution < -0.4 is 20.5 Å². The van der Waals surface area contributed by atoms with Gasteiger partial charge in [-0.15, -0.1) is 18.0 Å². The SMILES string of the molecule is C#CCOc1cccc(Oc2ccc(Nc3nc(N)nc(CCl)n3)cc2)c1. The Balaban J connectivity index is 1.67. The highest BCUT2D eigenvalue weighted by atomic mass is 35.5. The molecule has 0 amide bonds. The molecule has 0 aliphatic carbocycles. The maximum absolute atomic E-state index is 5.82. The Hall–Kier alpha value is -3.50. The lowest BCUT2D eigenvalue weighted by molar-refractivity contribution is 0.367. The van der Waals surface area contributed by atoms with Gasteiger partial charge >= 0.3 is 0 Å². The van der Waals surface area contributed by atoms with Gasteiger partial charge in [0.1, 0.15) is 23.9 Å². The lowest BCUT2D eigenvalue weighted by Crippen LogP contribution is -2.06. The zero-order valence-corrected chi connectivity index (χ0v) is 15.0. The number of ether oxygens (including phenoxy) is 2. The van der Waals surface area contributed by atoms with Gasteiger partial charge in [-0.2, -0.15) is 15.0 Å². The van der Waals surface area contributed by atoms with Crippen molar-refractivity contribution in [2.75, 3.05) is 17.7 Å². The molecule has 3 N–H and O–H groups in total. The Morgan fingerprint density at radius 3 is 2.56 bits per heavy atom. The normalized spacial score (nSPS) is 10.1. The van der Waals surface area contributed by atoms with E-state index in [1.165, 1.54) is 0 Å². The van der Waals surface area contributed by atoms with Crippen LogP contribution in [0.3, 0.4) is 0 Å². The predicted molar refractivity (Wildman–Crippen MR) is 104 cm³/mol. The average molecular weight is 382 g/mol. The summed E-state index contributed by atoms with van der Waals surface area (Å²) in [5.41, 5.74) is 6.40. The number of hydrogen-bond acceptors (Lipinski definition) is 7. The Morgan fingerprint density at radius 1 is 1.04 bits per heavy atom. The zero-order valence-electron chi connectivity index (χ0n) is 14.2. The Bertz CT molecular complexity index is 957. The molecular weight excluding hydrogens is 366 g/mol. The number of hydrogen-bond donors (Lipinski definition) is 2. The third-order valence-corrected chi connectivity index (χ3v) is 3.53. The molecule has 0 aliphatic rings. The van der Waals surface area contributed by atoms with Crippen LogP contribution in [-0.4, -0.2) is 21.6 Å². The number of halogens is 1. The number of nitrogen functional groups attached to an aromatic ring is 1. The molecule has 27 heavy (non-hydrogen) atoms. The number of nitrogens with zero attached hydrogens (tertiary/aromatic N) is 3. The topological polar surface area (TPSA) is 95.2 Å². The summed E-state index contributed by atoms with van der Waals surface area (Å²) in [5, 5.41) is 3.05. The first-order chi connectivity index (χ1) is 13.2. The molecule has 0 radical (unpaired) electrons. The number of nitrogens with one attached hydrogen (secondary N) is 1. The second-order valence-corrected chi connectivity index (χ2v) is 5.55. The van der Waals surface area contributed by atoms with Crippen molar-refractivity contribution in [1.82, 2.24) is 15.0 Å². The molecular formula is C19H16ClN5O2. The van der Waals surface area contributed by atoms with E-state index < -0.39 is 0 Å². The molecule has 3 rings (SSSR count). The Morgan fingerprint density at radius 2 is 1.81 bits per heavy atom. The van der Waals surface area contributed by atoms with Gasteiger partial charge in [0, 0.05) is 11.8 Å². The quantitative estimate of drug-likeness (QED) is 0.475. The van der Waals surface area contributed by atoms with Crippen molar-refractivity contribution in [3.05, 3.63) is 54.4 Å². The summed E-state index contributed by atoms with van der Waals surface area (Å²) in [6.45, 7) is 0.205. The molecule has 0 saturated heterocycles. The van der Waals surface area contributed by atoms with Crippen LogP contribution in [0, 0.1) is 12.3 Å². The van der Waals surface area contributed by atoms with Crippen molar-refractivity contribution in [2.45, 2.75) is 5.88 Å². The van der Waals surface area contributed by atoms with Crippen molar-refractivity contribution < 1.29 is 9.47 Å². The highest BCUT2D eigenvalue weighted by molar-refractivity contribution is 6.16. The molecule has 8 heteroatoms. The molecule has 1 heterocycles. The number of alkyl halides is 1. The summed E-state index contributed by atoms with van der Waals surface area (Å²) in [6, 6.07) is 14.5.